The molecule has 0 aliphatic carbocycles. The molecular weight excluding hydrogens is 308 g/mol. The van der Waals surface area contributed by atoms with Gasteiger partial charge in [0.15, 0.2) is 6.10 Å². The molecular formula is C14H21BrN2O2. The van der Waals surface area contributed by atoms with Gasteiger partial charge in [0, 0.05) is 22.6 Å². The number of benzene rings is 1. The van der Waals surface area contributed by atoms with Crippen molar-refractivity contribution in [3.63, 3.8) is 0 Å². The highest BCUT2D eigenvalue weighted by molar-refractivity contribution is 9.10. The van der Waals surface area contributed by atoms with Gasteiger partial charge in [0.2, 0.25) is 0 Å². The molecule has 0 saturated heterocycles. The number of hydrogen-bond donors (Lipinski definition) is 2. The number of halogens is 1. The van der Waals surface area contributed by atoms with Crippen molar-refractivity contribution in [2.75, 3.05) is 13.6 Å². The Morgan fingerprint density at radius 3 is 2.68 bits per heavy atom. The molecule has 4 nitrogen and oxygen atoms in total. The molecule has 1 amide bonds. The summed E-state index contributed by atoms with van der Waals surface area (Å²) < 4.78 is 6.71. The molecule has 0 saturated carbocycles. The average Bonchev–Trinajstić information content (AvgIpc) is 2.38. The fourth-order valence-corrected chi connectivity index (χ4v) is 2.03. The lowest BCUT2D eigenvalue weighted by molar-refractivity contribution is -0.127. The first-order valence-electron chi connectivity index (χ1n) is 6.40. The van der Waals surface area contributed by atoms with Crippen LogP contribution in [0.1, 0.15) is 32.4 Å². The van der Waals surface area contributed by atoms with Crippen LogP contribution in [0.3, 0.4) is 0 Å². The fourth-order valence-electron chi connectivity index (χ4n) is 1.69. The van der Waals surface area contributed by atoms with Gasteiger partial charge < -0.3 is 15.4 Å². The van der Waals surface area contributed by atoms with E-state index in [9.17, 15) is 4.79 Å². The molecule has 0 bridgehead atoms. The van der Waals surface area contributed by atoms with Gasteiger partial charge in [0.25, 0.3) is 5.91 Å². The van der Waals surface area contributed by atoms with E-state index < -0.39 is 6.10 Å². The van der Waals surface area contributed by atoms with Gasteiger partial charge in [-0.3, -0.25) is 4.79 Å². The van der Waals surface area contributed by atoms with Crippen molar-refractivity contribution in [1.82, 2.24) is 10.6 Å². The van der Waals surface area contributed by atoms with Crippen LogP contribution in [0.25, 0.3) is 0 Å². The number of carbonyl (C=O) groups is 1. The Morgan fingerprint density at radius 1 is 1.42 bits per heavy atom. The Hall–Kier alpha value is -1.07. The molecule has 2 unspecified atom stereocenters. The second kappa shape index (κ2) is 7.50. The van der Waals surface area contributed by atoms with Crippen molar-refractivity contribution in [1.29, 1.82) is 0 Å². The van der Waals surface area contributed by atoms with Crippen LogP contribution in [-0.2, 0) is 4.79 Å². The van der Waals surface area contributed by atoms with Crippen LogP contribution >= 0.6 is 15.9 Å². The summed E-state index contributed by atoms with van der Waals surface area (Å²) in [7, 11) is 1.89. The van der Waals surface area contributed by atoms with Gasteiger partial charge >= 0.3 is 0 Å². The van der Waals surface area contributed by atoms with Crippen LogP contribution in [0.15, 0.2) is 22.7 Å². The standard InChI is InChI=1S/C14H21BrN2O2/c1-5-17-14(18)10(3)19-13-8-11(15)6-7-12(13)9(2)16-4/h6-10,16H,5H2,1-4H3,(H,17,18). The average molecular weight is 329 g/mol. The quantitative estimate of drug-likeness (QED) is 0.844. The Kier molecular flexibility index (Phi) is 6.31. The highest BCUT2D eigenvalue weighted by Gasteiger charge is 2.17. The third-order valence-electron chi connectivity index (χ3n) is 2.90. The van der Waals surface area contributed by atoms with Gasteiger partial charge in [-0.25, -0.2) is 0 Å². The van der Waals surface area contributed by atoms with Crippen molar-refractivity contribution in [2.24, 2.45) is 0 Å². The minimum absolute atomic E-state index is 0.106. The van der Waals surface area contributed by atoms with E-state index in [0.29, 0.717) is 6.54 Å². The topological polar surface area (TPSA) is 50.4 Å². The van der Waals surface area contributed by atoms with Gasteiger partial charge in [-0.2, -0.15) is 0 Å². The maximum atomic E-state index is 11.7. The summed E-state index contributed by atoms with van der Waals surface area (Å²) in [5, 5.41) is 5.92. The number of rotatable bonds is 6. The van der Waals surface area contributed by atoms with E-state index in [0.717, 1.165) is 15.8 Å². The Balaban J connectivity index is 2.92. The van der Waals surface area contributed by atoms with E-state index in [1.165, 1.54) is 0 Å². The number of amides is 1. The molecule has 0 spiro atoms. The van der Waals surface area contributed by atoms with E-state index in [-0.39, 0.29) is 11.9 Å². The molecule has 19 heavy (non-hydrogen) atoms. The molecule has 1 aromatic carbocycles. The van der Waals surface area contributed by atoms with Crippen LogP contribution in [0.4, 0.5) is 0 Å². The smallest absolute Gasteiger partial charge is 0.260 e. The lowest BCUT2D eigenvalue weighted by Gasteiger charge is -2.20. The molecule has 0 radical (unpaired) electrons. The first kappa shape index (κ1) is 16.0. The van der Waals surface area contributed by atoms with Crippen molar-refractivity contribution in [3.05, 3.63) is 28.2 Å². The van der Waals surface area contributed by atoms with Gasteiger partial charge in [0.1, 0.15) is 5.75 Å². The van der Waals surface area contributed by atoms with E-state index in [2.05, 4.69) is 26.6 Å². The van der Waals surface area contributed by atoms with E-state index >= 15 is 0 Å². The van der Waals surface area contributed by atoms with Crippen molar-refractivity contribution >= 4 is 21.8 Å². The van der Waals surface area contributed by atoms with Crippen molar-refractivity contribution in [2.45, 2.75) is 32.9 Å². The Labute approximate surface area is 123 Å². The third kappa shape index (κ3) is 4.51. The third-order valence-corrected chi connectivity index (χ3v) is 3.39. The zero-order chi connectivity index (χ0) is 14.4. The molecule has 106 valence electrons. The lowest BCUT2D eigenvalue weighted by Crippen LogP contribution is -2.36. The summed E-state index contributed by atoms with van der Waals surface area (Å²) in [6.45, 7) is 6.29. The summed E-state index contributed by atoms with van der Waals surface area (Å²) in [6, 6.07) is 6.00. The highest BCUT2D eigenvalue weighted by atomic mass is 79.9. The van der Waals surface area contributed by atoms with Crippen molar-refractivity contribution in [3.8, 4) is 5.75 Å². The first-order chi connectivity index (χ1) is 8.99. The van der Waals surface area contributed by atoms with Gasteiger partial charge in [-0.15, -0.1) is 0 Å². The molecule has 0 aliphatic heterocycles. The summed E-state index contributed by atoms with van der Waals surface area (Å²) in [5.41, 5.74) is 1.03. The second-order valence-electron chi connectivity index (χ2n) is 4.35. The van der Waals surface area contributed by atoms with Crippen LogP contribution in [0.2, 0.25) is 0 Å². The predicted octanol–water partition coefficient (Wildman–Crippen LogP) is 2.63. The van der Waals surface area contributed by atoms with Gasteiger partial charge in [-0.1, -0.05) is 22.0 Å². The predicted molar refractivity (Wildman–Crippen MR) is 80.4 cm³/mol. The molecule has 0 aliphatic rings. The Bertz CT molecular complexity index is 437. The summed E-state index contributed by atoms with van der Waals surface area (Å²) in [6.07, 6.45) is -0.517. The highest BCUT2D eigenvalue weighted by Crippen LogP contribution is 2.29. The van der Waals surface area contributed by atoms with Crippen LogP contribution < -0.4 is 15.4 Å². The largest absolute Gasteiger partial charge is 0.481 e. The molecule has 0 heterocycles. The number of likely N-dealkylation sites (N-methyl/N-ethyl adjacent to an activating group) is 1. The van der Waals surface area contributed by atoms with Crippen LogP contribution in [-0.4, -0.2) is 25.6 Å². The molecule has 5 heteroatoms. The maximum Gasteiger partial charge on any atom is 0.260 e. The Morgan fingerprint density at radius 2 is 2.11 bits per heavy atom. The minimum Gasteiger partial charge on any atom is -0.481 e. The second-order valence-corrected chi connectivity index (χ2v) is 5.26. The zero-order valence-electron chi connectivity index (χ0n) is 11.8. The number of carbonyl (C=O) groups excluding carboxylic acids is 1. The van der Waals surface area contributed by atoms with Crippen LogP contribution in [0.5, 0.6) is 5.75 Å². The normalized spacial score (nSPS) is 13.7. The molecule has 0 aromatic heterocycles. The van der Waals surface area contributed by atoms with Gasteiger partial charge in [-0.05, 0) is 40.0 Å². The lowest BCUT2D eigenvalue weighted by atomic mass is 10.1. The molecule has 2 atom stereocenters. The van der Waals surface area contributed by atoms with Crippen molar-refractivity contribution < 1.29 is 9.53 Å². The van der Waals surface area contributed by atoms with Crippen LogP contribution in [0, 0.1) is 0 Å². The minimum atomic E-state index is -0.517. The molecule has 0 fully saturated rings. The summed E-state index contributed by atoms with van der Waals surface area (Å²) in [5.74, 6) is 0.612. The number of hydrogen-bond acceptors (Lipinski definition) is 3. The SMILES string of the molecule is CCNC(=O)C(C)Oc1cc(Br)ccc1C(C)NC. The van der Waals surface area contributed by atoms with E-state index in [1.54, 1.807) is 6.92 Å². The van der Waals surface area contributed by atoms with Gasteiger partial charge in [0.05, 0.1) is 0 Å². The summed E-state index contributed by atoms with van der Waals surface area (Å²) in [4.78, 5) is 11.7. The van der Waals surface area contributed by atoms with E-state index in [1.807, 2.05) is 39.1 Å². The molecule has 1 aromatic rings. The number of ether oxygens (including phenoxy) is 1. The monoisotopic (exact) mass is 328 g/mol. The summed E-state index contributed by atoms with van der Waals surface area (Å²) >= 11 is 3.42. The molecule has 1 rings (SSSR count). The fraction of sp³-hybridized carbons (Fsp3) is 0.500. The maximum absolute atomic E-state index is 11.7. The molecule has 2 N–H and O–H groups in total. The van der Waals surface area contributed by atoms with E-state index in [4.69, 9.17) is 4.74 Å². The zero-order valence-corrected chi connectivity index (χ0v) is 13.4. The number of nitrogens with one attached hydrogen (secondary N) is 2. The first-order valence-corrected chi connectivity index (χ1v) is 7.20.